The fourth-order valence-corrected chi connectivity index (χ4v) is 5.40. The average Bonchev–Trinajstić information content (AvgIpc) is 3.35. The third kappa shape index (κ3) is 8.42. The summed E-state index contributed by atoms with van der Waals surface area (Å²) in [4.78, 5) is 28.3. The van der Waals surface area contributed by atoms with Crippen LogP contribution in [0.15, 0.2) is 18.2 Å². The van der Waals surface area contributed by atoms with Crippen molar-refractivity contribution in [3.05, 3.63) is 29.3 Å². The van der Waals surface area contributed by atoms with E-state index in [1.54, 1.807) is 14.2 Å². The number of nitrogens with one attached hydrogen (secondary N) is 2. The molecule has 2 atom stereocenters. The second-order valence-corrected chi connectivity index (χ2v) is 10.9. The third-order valence-electron chi connectivity index (χ3n) is 7.90. The van der Waals surface area contributed by atoms with Gasteiger partial charge in [0, 0.05) is 70.9 Å². The zero-order valence-corrected chi connectivity index (χ0v) is 23.4. The molecular formula is C29H47N3O5. The highest BCUT2D eigenvalue weighted by atomic mass is 16.5. The molecule has 2 fully saturated rings. The Labute approximate surface area is 222 Å². The molecule has 8 nitrogen and oxygen atoms in total. The Morgan fingerprint density at radius 3 is 2.49 bits per heavy atom. The van der Waals surface area contributed by atoms with Gasteiger partial charge in [-0.1, -0.05) is 6.07 Å². The van der Waals surface area contributed by atoms with Crippen molar-refractivity contribution in [2.45, 2.75) is 65.0 Å². The van der Waals surface area contributed by atoms with E-state index in [0.29, 0.717) is 43.9 Å². The van der Waals surface area contributed by atoms with E-state index in [0.717, 1.165) is 56.5 Å². The Morgan fingerprint density at radius 1 is 1.08 bits per heavy atom. The number of hydrogen-bond donors (Lipinski definition) is 2. The maximum atomic E-state index is 13.6. The smallest absolute Gasteiger partial charge is 0.254 e. The first kappa shape index (κ1) is 29.4. The topological polar surface area (TPSA) is 89.1 Å². The van der Waals surface area contributed by atoms with E-state index in [2.05, 4.69) is 24.5 Å². The van der Waals surface area contributed by atoms with Crippen molar-refractivity contribution >= 4 is 11.8 Å². The first-order valence-corrected chi connectivity index (χ1v) is 13.9. The van der Waals surface area contributed by atoms with E-state index in [1.165, 1.54) is 0 Å². The van der Waals surface area contributed by atoms with E-state index in [9.17, 15) is 9.59 Å². The second-order valence-electron chi connectivity index (χ2n) is 10.9. The van der Waals surface area contributed by atoms with Crippen molar-refractivity contribution in [2.24, 2.45) is 17.8 Å². The van der Waals surface area contributed by atoms with Gasteiger partial charge < -0.3 is 29.7 Å². The van der Waals surface area contributed by atoms with Crippen molar-refractivity contribution in [3.8, 4) is 5.75 Å². The molecule has 2 amide bonds. The quantitative estimate of drug-likeness (QED) is 0.390. The van der Waals surface area contributed by atoms with Gasteiger partial charge in [0.2, 0.25) is 5.91 Å². The molecule has 1 heterocycles. The number of hydrogen-bond acceptors (Lipinski definition) is 6. The fraction of sp³-hybridized carbons (Fsp3) is 0.724. The van der Waals surface area contributed by atoms with E-state index >= 15 is 0 Å². The normalized spacial score (nSPS) is 23.7. The summed E-state index contributed by atoms with van der Waals surface area (Å²) in [5, 5.41) is 6.69. The van der Waals surface area contributed by atoms with Gasteiger partial charge in [-0.05, 0) is 76.0 Å². The Balaban J connectivity index is 1.57. The predicted molar refractivity (Wildman–Crippen MR) is 145 cm³/mol. The number of carbonyl (C=O) groups excluding carboxylic acids is 2. The van der Waals surface area contributed by atoms with E-state index < -0.39 is 0 Å². The first-order chi connectivity index (χ1) is 17.8. The molecule has 208 valence electrons. The van der Waals surface area contributed by atoms with Crippen LogP contribution >= 0.6 is 0 Å². The molecule has 3 rings (SSSR count). The maximum absolute atomic E-state index is 13.6. The summed E-state index contributed by atoms with van der Waals surface area (Å²) in [6.45, 7) is 10.3. The molecule has 0 spiro atoms. The largest absolute Gasteiger partial charge is 0.493 e. The highest BCUT2D eigenvalue weighted by Gasteiger charge is 2.33. The molecule has 0 unspecified atom stereocenters. The van der Waals surface area contributed by atoms with Gasteiger partial charge in [-0.3, -0.25) is 9.59 Å². The van der Waals surface area contributed by atoms with Crippen molar-refractivity contribution in [3.63, 3.8) is 0 Å². The summed E-state index contributed by atoms with van der Waals surface area (Å²) in [7, 11) is 3.43. The summed E-state index contributed by atoms with van der Waals surface area (Å²) in [6, 6.07) is 5.76. The monoisotopic (exact) mass is 517 g/mol. The van der Waals surface area contributed by atoms with Crippen LogP contribution in [-0.4, -0.2) is 82.5 Å². The zero-order valence-electron chi connectivity index (χ0n) is 23.4. The van der Waals surface area contributed by atoms with Crippen LogP contribution in [0, 0.1) is 24.7 Å². The summed E-state index contributed by atoms with van der Waals surface area (Å²) >= 11 is 0. The molecule has 2 aliphatic rings. The van der Waals surface area contributed by atoms with Gasteiger partial charge in [-0.25, -0.2) is 0 Å². The van der Waals surface area contributed by atoms with E-state index in [-0.39, 0.29) is 29.7 Å². The number of benzene rings is 1. The molecule has 0 aromatic heterocycles. The van der Waals surface area contributed by atoms with Crippen LogP contribution < -0.4 is 15.4 Å². The van der Waals surface area contributed by atoms with Gasteiger partial charge in [0.1, 0.15) is 5.75 Å². The summed E-state index contributed by atoms with van der Waals surface area (Å²) in [5.41, 5.74) is 1.65. The lowest BCUT2D eigenvalue weighted by molar-refractivity contribution is -0.127. The first-order valence-electron chi connectivity index (χ1n) is 13.9. The third-order valence-corrected chi connectivity index (χ3v) is 7.90. The zero-order chi connectivity index (χ0) is 26.8. The molecule has 37 heavy (non-hydrogen) atoms. The molecule has 1 saturated heterocycles. The highest BCUT2D eigenvalue weighted by Crippen LogP contribution is 2.27. The molecule has 0 radical (unpaired) electrons. The highest BCUT2D eigenvalue weighted by molar-refractivity contribution is 5.95. The molecule has 1 aliphatic carbocycles. The van der Waals surface area contributed by atoms with Crippen molar-refractivity contribution < 1.29 is 23.8 Å². The molecule has 0 bridgehead atoms. The SMILES string of the molecule is COCCCOc1cc(C(=O)N(C[C@@H]2CNC[C@H]2CNC(=O)[C@H]2CC[C@@H](OC)CC2)C(C)C)ccc1C. The number of amides is 2. The number of ether oxygens (including phenoxy) is 3. The molecule has 2 N–H and O–H groups in total. The van der Waals surface area contributed by atoms with Crippen molar-refractivity contribution in [1.82, 2.24) is 15.5 Å². The average molecular weight is 518 g/mol. The molecule has 8 heteroatoms. The standard InChI is InChI=1S/C29H47N3O5/c1-20(2)32(29(34)23-8-7-21(3)27(15-23)37-14-6-13-35-4)19-25-17-30-16-24(25)18-31-28(33)22-9-11-26(36-5)12-10-22/h7-8,15,20,22,24-26,30H,6,9-14,16-19H2,1-5H3,(H,31,33)/t22-,24-,25-,26+/m0/s1. The van der Waals surface area contributed by atoms with Crippen LogP contribution in [0.5, 0.6) is 5.75 Å². The van der Waals surface area contributed by atoms with Gasteiger partial charge >= 0.3 is 0 Å². The van der Waals surface area contributed by atoms with E-state index in [1.807, 2.05) is 30.0 Å². The predicted octanol–water partition coefficient (Wildman–Crippen LogP) is 3.42. The van der Waals surface area contributed by atoms with Gasteiger partial charge in [0.25, 0.3) is 5.91 Å². The van der Waals surface area contributed by atoms with Gasteiger partial charge in [0.15, 0.2) is 0 Å². The summed E-state index contributed by atoms with van der Waals surface area (Å²) in [5.74, 6) is 1.59. The van der Waals surface area contributed by atoms with Crippen LogP contribution in [0.3, 0.4) is 0 Å². The Bertz CT molecular complexity index is 869. The van der Waals surface area contributed by atoms with Gasteiger partial charge in [-0.2, -0.15) is 0 Å². The van der Waals surface area contributed by atoms with Gasteiger partial charge in [0.05, 0.1) is 12.7 Å². The lowest BCUT2D eigenvalue weighted by Crippen LogP contribution is -2.44. The minimum Gasteiger partial charge on any atom is -0.493 e. The van der Waals surface area contributed by atoms with Crippen LogP contribution in [0.25, 0.3) is 0 Å². The Hall–Kier alpha value is -2.16. The van der Waals surface area contributed by atoms with Crippen LogP contribution in [0.4, 0.5) is 0 Å². The second kappa shape index (κ2) is 14.7. The maximum Gasteiger partial charge on any atom is 0.254 e. The van der Waals surface area contributed by atoms with Gasteiger partial charge in [-0.15, -0.1) is 0 Å². The van der Waals surface area contributed by atoms with Crippen molar-refractivity contribution in [2.75, 3.05) is 53.6 Å². The summed E-state index contributed by atoms with van der Waals surface area (Å²) in [6.07, 6.45) is 4.77. The van der Waals surface area contributed by atoms with Crippen LogP contribution in [-0.2, 0) is 14.3 Å². The lowest BCUT2D eigenvalue weighted by Gasteiger charge is -2.32. The fourth-order valence-electron chi connectivity index (χ4n) is 5.40. The Morgan fingerprint density at radius 2 is 1.81 bits per heavy atom. The van der Waals surface area contributed by atoms with Crippen LogP contribution in [0.2, 0.25) is 0 Å². The number of methoxy groups -OCH3 is 2. The van der Waals surface area contributed by atoms with Crippen LogP contribution in [0.1, 0.15) is 61.9 Å². The number of nitrogens with zero attached hydrogens (tertiary/aromatic N) is 1. The molecule has 1 aromatic carbocycles. The number of aryl methyl sites for hydroxylation is 1. The van der Waals surface area contributed by atoms with E-state index in [4.69, 9.17) is 14.2 Å². The summed E-state index contributed by atoms with van der Waals surface area (Å²) < 4.78 is 16.5. The minimum atomic E-state index is 0.0151. The molecule has 1 aromatic rings. The molecule has 1 saturated carbocycles. The number of rotatable bonds is 13. The minimum absolute atomic E-state index is 0.0151. The number of carbonyl (C=O) groups is 2. The molecular weight excluding hydrogens is 470 g/mol. The Kier molecular flexibility index (Phi) is 11.7. The lowest BCUT2D eigenvalue weighted by atomic mass is 9.86. The van der Waals surface area contributed by atoms with Crippen molar-refractivity contribution in [1.29, 1.82) is 0 Å². The molecule has 1 aliphatic heterocycles.